The average Bonchev–Trinajstić information content (AvgIpc) is 3.57. The van der Waals surface area contributed by atoms with Gasteiger partial charge in [-0.3, -0.25) is 10.2 Å². The maximum absolute atomic E-state index is 13.2. The summed E-state index contributed by atoms with van der Waals surface area (Å²) in [6, 6.07) is 20.9. The van der Waals surface area contributed by atoms with Gasteiger partial charge in [0.2, 0.25) is 5.88 Å². The number of carbonyl (C=O) groups is 1. The number of rotatable bonds is 6. The van der Waals surface area contributed by atoms with Gasteiger partial charge in [0.05, 0.1) is 42.2 Å². The van der Waals surface area contributed by atoms with Crippen LogP contribution in [0.3, 0.4) is 0 Å². The first-order chi connectivity index (χ1) is 27.6. The highest BCUT2D eigenvalue weighted by Crippen LogP contribution is 2.37. The molecule has 2 aromatic carbocycles. The predicted octanol–water partition coefficient (Wildman–Crippen LogP) is 8.81. The zero-order chi connectivity index (χ0) is 41.1. The topological polar surface area (TPSA) is 129 Å². The summed E-state index contributed by atoms with van der Waals surface area (Å²) in [4.78, 5) is 27.6. The summed E-state index contributed by atoms with van der Waals surface area (Å²) in [5.41, 5.74) is -0.0288. The fourth-order valence-electron chi connectivity index (χ4n) is 6.11. The van der Waals surface area contributed by atoms with Crippen molar-refractivity contribution in [3.05, 3.63) is 102 Å². The fourth-order valence-corrected chi connectivity index (χ4v) is 6.11. The summed E-state index contributed by atoms with van der Waals surface area (Å²) >= 11 is 0. The molecule has 6 heterocycles. The van der Waals surface area contributed by atoms with E-state index >= 15 is 0 Å². The highest BCUT2D eigenvalue weighted by atomic mass is 32.1. The minimum Gasteiger partial charge on any atom is -0.488 e. The number of alkyl halides is 6. The number of nitrogens with one attached hydrogen (secondary N) is 2. The number of ether oxygens (including phenoxy) is 5. The Morgan fingerprint density at radius 2 is 1.46 bits per heavy atom. The molecule has 1 fully saturated rings. The van der Waals surface area contributed by atoms with Crippen LogP contribution < -0.4 is 29.7 Å². The van der Waals surface area contributed by atoms with E-state index in [0.29, 0.717) is 54.2 Å². The molecule has 59 heavy (non-hydrogen) atoms. The Morgan fingerprint density at radius 3 is 2.10 bits per heavy atom. The number of nitrogens with zero attached hydrogens (tertiary/aromatic N) is 4. The Bertz CT molecular complexity index is 2280. The molecule has 3 aliphatic rings. The van der Waals surface area contributed by atoms with Gasteiger partial charge in [0.25, 0.3) is 0 Å². The molecular weight excluding hydrogens is 807 g/mol. The highest BCUT2D eigenvalue weighted by Gasteiger charge is 2.34. The van der Waals surface area contributed by atoms with E-state index in [-0.39, 0.29) is 62.3 Å². The van der Waals surface area contributed by atoms with Crippen molar-refractivity contribution in [1.82, 2.24) is 15.0 Å². The summed E-state index contributed by atoms with van der Waals surface area (Å²) in [6.07, 6.45) is -9.09. The van der Waals surface area contributed by atoms with Crippen LogP contribution in [0.5, 0.6) is 17.4 Å². The first-order valence-electron chi connectivity index (χ1n) is 18.0. The third-order valence-electron chi connectivity index (χ3n) is 8.84. The van der Waals surface area contributed by atoms with Crippen molar-refractivity contribution in [3.63, 3.8) is 0 Å². The molecule has 12 nitrogen and oxygen atoms in total. The number of pyridine rings is 3. The number of halogens is 6. The SMILES string of the molecule is CC1(C)OC[C@H](COc2cccc(NC(=O)N3CCOc4ccc(-c5cccc(C(F)(F)F)c5)nc43)n2)O1.FC(F)(F)c1cccc(-c2ccc3c(n2)NCCO3)c1.S. The molecule has 19 heteroatoms. The Balaban J connectivity index is 0.000000234. The largest absolute Gasteiger partial charge is 0.488 e. The Morgan fingerprint density at radius 1 is 0.831 bits per heavy atom. The number of fused-ring (bicyclic) bond motifs is 2. The molecule has 1 atom stereocenters. The van der Waals surface area contributed by atoms with Crippen molar-refractivity contribution < 1.29 is 54.8 Å². The lowest BCUT2D eigenvalue weighted by Crippen LogP contribution is -2.41. The third-order valence-corrected chi connectivity index (χ3v) is 8.84. The van der Waals surface area contributed by atoms with E-state index in [4.69, 9.17) is 23.7 Å². The molecule has 3 aliphatic heterocycles. The van der Waals surface area contributed by atoms with E-state index in [1.54, 1.807) is 48.5 Å². The van der Waals surface area contributed by atoms with Gasteiger partial charge in [-0.15, -0.1) is 0 Å². The lowest BCUT2D eigenvalue weighted by atomic mass is 10.1. The second-order valence-electron chi connectivity index (χ2n) is 13.5. The molecule has 5 aromatic rings. The van der Waals surface area contributed by atoms with E-state index in [9.17, 15) is 31.1 Å². The van der Waals surface area contributed by atoms with Crippen molar-refractivity contribution in [3.8, 4) is 39.9 Å². The monoisotopic (exact) mass is 844 g/mol. The summed E-state index contributed by atoms with van der Waals surface area (Å²) in [5.74, 6) is 1.59. The molecule has 0 spiro atoms. The summed E-state index contributed by atoms with van der Waals surface area (Å²) in [5, 5.41) is 5.78. The Labute approximate surface area is 341 Å². The normalized spacial score (nSPS) is 16.7. The Kier molecular flexibility index (Phi) is 12.8. The second-order valence-corrected chi connectivity index (χ2v) is 13.5. The number of carbonyl (C=O) groups excluding carboxylic acids is 1. The number of hydrogen-bond donors (Lipinski definition) is 2. The maximum Gasteiger partial charge on any atom is 0.416 e. The van der Waals surface area contributed by atoms with Crippen LogP contribution in [0.25, 0.3) is 22.5 Å². The van der Waals surface area contributed by atoms with E-state index in [0.717, 1.165) is 24.3 Å². The average molecular weight is 845 g/mol. The van der Waals surface area contributed by atoms with Crippen molar-refractivity contribution in [1.29, 1.82) is 0 Å². The molecule has 1 saturated heterocycles. The molecule has 3 aromatic heterocycles. The molecule has 0 saturated carbocycles. The van der Waals surface area contributed by atoms with Crippen LogP contribution in [0.15, 0.2) is 91.0 Å². The molecule has 0 radical (unpaired) electrons. The van der Waals surface area contributed by atoms with Crippen molar-refractivity contribution in [2.24, 2.45) is 0 Å². The van der Waals surface area contributed by atoms with Gasteiger partial charge in [-0.05, 0) is 68.4 Å². The van der Waals surface area contributed by atoms with Gasteiger partial charge in [-0.25, -0.2) is 14.8 Å². The number of benzene rings is 2. The van der Waals surface area contributed by atoms with Gasteiger partial charge in [0.15, 0.2) is 28.9 Å². The van der Waals surface area contributed by atoms with Crippen LogP contribution in [0, 0.1) is 0 Å². The third kappa shape index (κ3) is 10.6. The highest BCUT2D eigenvalue weighted by molar-refractivity contribution is 7.59. The molecule has 0 bridgehead atoms. The van der Waals surface area contributed by atoms with E-state index in [1.165, 1.54) is 23.1 Å². The standard InChI is InChI=1S/C26H25F3N4O5.C14H11F3N2O.H2S/c1-25(2)37-15-18(38-25)14-36-22-8-4-7-21(31-22)32-24(34)33-11-12-35-20-10-9-19(30-23(20)33)16-5-3-6-17(13-16)26(27,28)29;15-14(16,17)10-3-1-2-9(8-10)11-4-5-12-13(19-11)18-6-7-20-12;/h3-10,13,18H,11-12,14-15H2,1-2H3,(H,31,32,34);1-5,8H,6-7H2,(H,18,19);1H2/t18-;;/m0../s1. The lowest BCUT2D eigenvalue weighted by Gasteiger charge is -2.28. The van der Waals surface area contributed by atoms with Crippen LogP contribution >= 0.6 is 13.5 Å². The summed E-state index contributed by atoms with van der Waals surface area (Å²) in [6.45, 7) is 5.86. The summed E-state index contributed by atoms with van der Waals surface area (Å²) < 4.78 is 106. The molecule has 0 aliphatic carbocycles. The first-order valence-corrected chi connectivity index (χ1v) is 18.0. The van der Waals surface area contributed by atoms with Crippen LogP contribution in [-0.4, -0.2) is 72.4 Å². The van der Waals surface area contributed by atoms with Gasteiger partial charge >= 0.3 is 18.4 Å². The van der Waals surface area contributed by atoms with Crippen molar-refractivity contribution in [2.45, 2.75) is 38.1 Å². The van der Waals surface area contributed by atoms with E-state index in [2.05, 4.69) is 25.6 Å². The van der Waals surface area contributed by atoms with Gasteiger partial charge < -0.3 is 29.0 Å². The van der Waals surface area contributed by atoms with Gasteiger partial charge in [-0.2, -0.15) is 44.8 Å². The predicted molar refractivity (Wildman–Crippen MR) is 210 cm³/mol. The quantitative estimate of drug-likeness (QED) is 0.160. The second kappa shape index (κ2) is 17.6. The molecule has 312 valence electrons. The number of urea groups is 1. The number of aromatic nitrogens is 3. The van der Waals surface area contributed by atoms with E-state index < -0.39 is 35.3 Å². The maximum atomic E-state index is 13.2. The van der Waals surface area contributed by atoms with Gasteiger partial charge in [0.1, 0.15) is 31.7 Å². The van der Waals surface area contributed by atoms with Crippen LogP contribution in [0.1, 0.15) is 25.0 Å². The number of amides is 2. The van der Waals surface area contributed by atoms with Crippen molar-refractivity contribution in [2.75, 3.05) is 55.1 Å². The minimum absolute atomic E-state index is 0. The molecular formula is C40H38F6N6O6S. The fraction of sp³-hybridized carbons (Fsp3) is 0.300. The lowest BCUT2D eigenvalue weighted by molar-refractivity contribution is -0.141. The smallest absolute Gasteiger partial charge is 0.416 e. The summed E-state index contributed by atoms with van der Waals surface area (Å²) in [7, 11) is 0. The zero-order valence-corrected chi connectivity index (χ0v) is 32.5. The Hall–Kier alpha value is -5.79. The zero-order valence-electron chi connectivity index (χ0n) is 31.5. The molecule has 8 rings (SSSR count). The molecule has 0 unspecified atom stereocenters. The minimum atomic E-state index is -4.49. The van der Waals surface area contributed by atoms with Crippen LogP contribution in [0.2, 0.25) is 0 Å². The number of anilines is 3. The first kappa shape index (κ1) is 42.8. The number of hydrogen-bond acceptors (Lipinski definition) is 10. The van der Waals surface area contributed by atoms with Gasteiger partial charge in [0, 0.05) is 17.2 Å². The van der Waals surface area contributed by atoms with Crippen molar-refractivity contribution >= 4 is 37.0 Å². The van der Waals surface area contributed by atoms with Gasteiger partial charge in [-0.1, -0.05) is 30.3 Å². The van der Waals surface area contributed by atoms with Crippen LogP contribution in [0.4, 0.5) is 48.6 Å². The van der Waals surface area contributed by atoms with Crippen LogP contribution in [-0.2, 0) is 21.8 Å². The molecule has 2 amide bonds. The molecule has 2 N–H and O–H groups in total. The van der Waals surface area contributed by atoms with E-state index in [1.807, 2.05) is 13.8 Å².